The molecule has 3 aromatic rings. The fourth-order valence-electron chi connectivity index (χ4n) is 2.19. The number of fused-ring (bicyclic) bond motifs is 1. The molecule has 110 valence electrons. The van der Waals surface area contributed by atoms with E-state index in [0.29, 0.717) is 5.69 Å². The molecule has 0 aromatic heterocycles. The van der Waals surface area contributed by atoms with Crippen molar-refractivity contribution in [3.8, 4) is 0 Å². The summed E-state index contributed by atoms with van der Waals surface area (Å²) in [5.41, 5.74) is 0.815. The van der Waals surface area contributed by atoms with Crippen molar-refractivity contribution < 1.29 is 13.6 Å². The van der Waals surface area contributed by atoms with Crippen molar-refractivity contribution in [1.29, 1.82) is 0 Å². The molecule has 0 aliphatic heterocycles. The van der Waals surface area contributed by atoms with E-state index in [1.165, 1.54) is 6.07 Å². The van der Waals surface area contributed by atoms with Crippen molar-refractivity contribution in [3.05, 3.63) is 72.3 Å². The second kappa shape index (κ2) is 5.81. The van der Waals surface area contributed by atoms with Gasteiger partial charge >= 0.3 is 6.03 Å². The highest BCUT2D eigenvalue weighted by atomic mass is 19.2. The zero-order chi connectivity index (χ0) is 15.5. The first-order valence-electron chi connectivity index (χ1n) is 6.64. The lowest BCUT2D eigenvalue weighted by molar-refractivity contribution is 0.262. The first-order valence-corrected chi connectivity index (χ1v) is 6.64. The van der Waals surface area contributed by atoms with E-state index in [1.54, 1.807) is 6.07 Å². The Morgan fingerprint density at radius 2 is 1.59 bits per heavy atom. The number of amides is 2. The first kappa shape index (κ1) is 14.0. The van der Waals surface area contributed by atoms with E-state index in [4.69, 9.17) is 0 Å². The summed E-state index contributed by atoms with van der Waals surface area (Å²) < 4.78 is 26.0. The van der Waals surface area contributed by atoms with Crippen LogP contribution in [0.2, 0.25) is 0 Å². The summed E-state index contributed by atoms with van der Waals surface area (Å²) in [6.45, 7) is 0. The number of carbonyl (C=O) groups is 1. The van der Waals surface area contributed by atoms with Gasteiger partial charge in [-0.2, -0.15) is 0 Å². The third-order valence-electron chi connectivity index (χ3n) is 3.22. The lowest BCUT2D eigenvalue weighted by atomic mass is 10.1. The Morgan fingerprint density at radius 3 is 2.41 bits per heavy atom. The molecule has 0 atom stereocenters. The van der Waals surface area contributed by atoms with Gasteiger partial charge in [0, 0.05) is 17.1 Å². The maximum atomic E-state index is 13.1. The molecule has 3 nitrogen and oxygen atoms in total. The molecule has 0 radical (unpaired) electrons. The monoisotopic (exact) mass is 298 g/mol. The van der Waals surface area contributed by atoms with Crippen molar-refractivity contribution in [2.24, 2.45) is 0 Å². The van der Waals surface area contributed by atoms with Crippen LogP contribution in [0.3, 0.4) is 0 Å². The van der Waals surface area contributed by atoms with E-state index in [0.717, 1.165) is 22.9 Å². The van der Waals surface area contributed by atoms with E-state index < -0.39 is 17.7 Å². The number of nitrogens with one attached hydrogen (secondary N) is 2. The van der Waals surface area contributed by atoms with Gasteiger partial charge < -0.3 is 10.6 Å². The Morgan fingerprint density at radius 1 is 0.818 bits per heavy atom. The molecule has 0 saturated heterocycles. The van der Waals surface area contributed by atoms with Crippen LogP contribution in [0.1, 0.15) is 0 Å². The standard InChI is InChI=1S/C17H12F2N2O/c18-14-9-8-12(10-15(14)19)20-17(22)21-16-7-3-5-11-4-1-2-6-13(11)16/h1-10H,(H2,20,21,22). The van der Waals surface area contributed by atoms with Crippen LogP contribution in [-0.4, -0.2) is 6.03 Å². The van der Waals surface area contributed by atoms with Gasteiger partial charge in [-0.1, -0.05) is 36.4 Å². The van der Waals surface area contributed by atoms with Gasteiger partial charge in [0.15, 0.2) is 11.6 Å². The molecular formula is C17H12F2N2O. The molecule has 0 unspecified atom stereocenters. The number of carbonyl (C=O) groups excluding carboxylic acids is 1. The highest BCUT2D eigenvalue weighted by Gasteiger charge is 2.08. The molecular weight excluding hydrogens is 286 g/mol. The molecule has 0 saturated carbocycles. The highest BCUT2D eigenvalue weighted by Crippen LogP contribution is 2.23. The predicted octanol–water partition coefficient (Wildman–Crippen LogP) is 4.76. The molecule has 0 aliphatic carbocycles. The van der Waals surface area contributed by atoms with Gasteiger partial charge in [-0.05, 0) is 23.6 Å². The lowest BCUT2D eigenvalue weighted by Crippen LogP contribution is -2.19. The Labute approximate surface area is 125 Å². The minimum absolute atomic E-state index is 0.177. The number of benzene rings is 3. The van der Waals surface area contributed by atoms with E-state index in [2.05, 4.69) is 10.6 Å². The summed E-state index contributed by atoms with van der Waals surface area (Å²) in [6.07, 6.45) is 0. The summed E-state index contributed by atoms with van der Waals surface area (Å²) in [7, 11) is 0. The molecule has 22 heavy (non-hydrogen) atoms. The molecule has 0 bridgehead atoms. The molecule has 0 heterocycles. The molecule has 3 aromatic carbocycles. The van der Waals surface area contributed by atoms with Crippen LogP contribution in [0.4, 0.5) is 25.0 Å². The number of halogens is 2. The van der Waals surface area contributed by atoms with E-state index in [9.17, 15) is 13.6 Å². The third kappa shape index (κ3) is 2.88. The number of hydrogen-bond acceptors (Lipinski definition) is 1. The Hall–Kier alpha value is -2.95. The number of hydrogen-bond donors (Lipinski definition) is 2. The smallest absolute Gasteiger partial charge is 0.308 e. The number of rotatable bonds is 2. The van der Waals surface area contributed by atoms with Crippen LogP contribution in [-0.2, 0) is 0 Å². The van der Waals surface area contributed by atoms with Crippen molar-refractivity contribution in [1.82, 2.24) is 0 Å². The topological polar surface area (TPSA) is 41.1 Å². The maximum absolute atomic E-state index is 13.1. The average Bonchev–Trinajstić information content (AvgIpc) is 2.51. The number of urea groups is 1. The molecule has 5 heteroatoms. The molecule has 0 fully saturated rings. The normalized spacial score (nSPS) is 10.5. The first-order chi connectivity index (χ1) is 10.6. The fraction of sp³-hybridized carbons (Fsp3) is 0. The zero-order valence-electron chi connectivity index (χ0n) is 11.4. The van der Waals surface area contributed by atoms with Gasteiger partial charge in [-0.15, -0.1) is 0 Å². The maximum Gasteiger partial charge on any atom is 0.323 e. The van der Waals surface area contributed by atoms with E-state index in [-0.39, 0.29) is 5.69 Å². The van der Waals surface area contributed by atoms with Crippen molar-refractivity contribution in [2.75, 3.05) is 10.6 Å². The zero-order valence-corrected chi connectivity index (χ0v) is 11.4. The third-order valence-corrected chi connectivity index (χ3v) is 3.22. The molecule has 2 N–H and O–H groups in total. The second-order valence-electron chi connectivity index (χ2n) is 4.73. The van der Waals surface area contributed by atoms with Gasteiger partial charge in [0.2, 0.25) is 0 Å². The van der Waals surface area contributed by atoms with Crippen LogP contribution < -0.4 is 10.6 Å². The van der Waals surface area contributed by atoms with Gasteiger partial charge in [0.25, 0.3) is 0 Å². The van der Waals surface area contributed by atoms with Gasteiger partial charge in [0.05, 0.1) is 5.69 Å². The summed E-state index contributed by atoms with van der Waals surface area (Å²) in [5, 5.41) is 7.06. The van der Waals surface area contributed by atoms with Crippen LogP contribution in [0, 0.1) is 11.6 Å². The van der Waals surface area contributed by atoms with Crippen LogP contribution >= 0.6 is 0 Å². The lowest BCUT2D eigenvalue weighted by Gasteiger charge is -2.10. The molecule has 3 rings (SSSR count). The highest BCUT2D eigenvalue weighted by molar-refractivity contribution is 6.06. The minimum Gasteiger partial charge on any atom is -0.308 e. The summed E-state index contributed by atoms with van der Waals surface area (Å²) in [4.78, 5) is 12.0. The second-order valence-corrected chi connectivity index (χ2v) is 4.73. The SMILES string of the molecule is O=C(Nc1ccc(F)c(F)c1)Nc1cccc2ccccc12. The Bertz CT molecular complexity index is 844. The summed E-state index contributed by atoms with van der Waals surface area (Å²) >= 11 is 0. The van der Waals surface area contributed by atoms with Crippen LogP contribution in [0.5, 0.6) is 0 Å². The van der Waals surface area contributed by atoms with E-state index >= 15 is 0 Å². The number of anilines is 2. The Balaban J connectivity index is 1.80. The minimum atomic E-state index is -1.01. The van der Waals surface area contributed by atoms with Crippen molar-refractivity contribution in [3.63, 3.8) is 0 Å². The largest absolute Gasteiger partial charge is 0.323 e. The van der Waals surface area contributed by atoms with Gasteiger partial charge in [-0.25, -0.2) is 13.6 Å². The van der Waals surface area contributed by atoms with Crippen LogP contribution in [0.15, 0.2) is 60.7 Å². The predicted molar refractivity (Wildman–Crippen MR) is 82.9 cm³/mol. The molecule has 2 amide bonds. The van der Waals surface area contributed by atoms with Crippen molar-refractivity contribution >= 4 is 28.2 Å². The van der Waals surface area contributed by atoms with Crippen LogP contribution in [0.25, 0.3) is 10.8 Å². The fourth-order valence-corrected chi connectivity index (χ4v) is 2.19. The molecule has 0 spiro atoms. The van der Waals surface area contributed by atoms with Gasteiger partial charge in [-0.3, -0.25) is 0 Å². The molecule has 0 aliphatic rings. The Kier molecular flexibility index (Phi) is 3.70. The quantitative estimate of drug-likeness (QED) is 0.703. The van der Waals surface area contributed by atoms with E-state index in [1.807, 2.05) is 36.4 Å². The summed E-state index contributed by atoms with van der Waals surface area (Å²) in [6, 6.07) is 15.8. The summed E-state index contributed by atoms with van der Waals surface area (Å²) in [5.74, 6) is -1.97. The average molecular weight is 298 g/mol. The van der Waals surface area contributed by atoms with Gasteiger partial charge in [0.1, 0.15) is 0 Å². The van der Waals surface area contributed by atoms with Crippen molar-refractivity contribution in [2.45, 2.75) is 0 Å².